The number of anilines is 1. The number of thioether (sulfide) groups is 1. The van der Waals surface area contributed by atoms with Crippen LogP contribution in [0.5, 0.6) is 0 Å². The van der Waals surface area contributed by atoms with Gasteiger partial charge in [0.1, 0.15) is 36.3 Å². The highest BCUT2D eigenvalue weighted by atomic mass is 32.2. The smallest absolute Gasteiger partial charge is 0.274 e. The maximum absolute atomic E-state index is 12.7. The number of amides is 2. The summed E-state index contributed by atoms with van der Waals surface area (Å²) in [4.78, 5) is 97.3. The third kappa shape index (κ3) is 29.1. The summed E-state index contributed by atoms with van der Waals surface area (Å²) < 4.78 is 61.0. The van der Waals surface area contributed by atoms with Crippen LogP contribution in [0.1, 0.15) is 155 Å². The summed E-state index contributed by atoms with van der Waals surface area (Å²) in [5, 5.41) is 36.6. The summed E-state index contributed by atoms with van der Waals surface area (Å²) in [6.45, 7) is 2.22. The van der Waals surface area contributed by atoms with Crippen LogP contribution in [-0.4, -0.2) is 114 Å². The van der Waals surface area contributed by atoms with Crippen molar-refractivity contribution in [1.29, 1.82) is 0 Å². The number of aliphatic hydroxyl groups is 3. The van der Waals surface area contributed by atoms with Gasteiger partial charge in [-0.2, -0.15) is 0 Å². The number of aliphatic hydroxyl groups excluding tert-OH is 3. The first-order valence-electron chi connectivity index (χ1n) is 27.2. The van der Waals surface area contributed by atoms with Crippen LogP contribution in [0.15, 0.2) is 61.3 Å². The average molecular weight is 1210 g/mol. The Balaban J connectivity index is 1.20. The van der Waals surface area contributed by atoms with E-state index in [0.29, 0.717) is 6.42 Å². The molecule has 0 bridgehead atoms. The van der Waals surface area contributed by atoms with Gasteiger partial charge in [0.15, 0.2) is 22.8 Å². The van der Waals surface area contributed by atoms with Crippen molar-refractivity contribution >= 4 is 69.1 Å². The molecule has 1 saturated heterocycles. The zero-order chi connectivity index (χ0) is 59.0. The molecule has 2 aromatic rings. The van der Waals surface area contributed by atoms with Crippen LogP contribution < -0.4 is 35.9 Å². The van der Waals surface area contributed by atoms with Crippen molar-refractivity contribution < 1.29 is 85.6 Å². The number of phosphoric ester groups is 3. The number of aromatic nitrogens is 4. The maximum atomic E-state index is 12.7. The number of phosphoric acid groups is 3. The molecule has 2 unspecified atom stereocenters. The van der Waals surface area contributed by atoms with Crippen LogP contribution in [0, 0.1) is 5.41 Å². The summed E-state index contributed by atoms with van der Waals surface area (Å²) in [7, 11) is -17.7. The van der Waals surface area contributed by atoms with Gasteiger partial charge in [-0.25, -0.2) is 19.3 Å². The first-order valence-corrected chi connectivity index (χ1v) is 32.6. The van der Waals surface area contributed by atoms with Gasteiger partial charge < -0.3 is 74.1 Å². The molecule has 25 nitrogen and oxygen atoms in total. The molecule has 454 valence electrons. The third-order valence-electron chi connectivity index (χ3n) is 12.5. The number of imidazole rings is 1. The Morgan fingerprint density at radius 2 is 1.39 bits per heavy atom. The minimum Gasteiger partial charge on any atom is -0.790 e. The largest absolute Gasteiger partial charge is 0.790 e. The summed E-state index contributed by atoms with van der Waals surface area (Å²) in [5.41, 5.74) is 4.06. The molecular weight excluding hydrogens is 1120 g/mol. The summed E-state index contributed by atoms with van der Waals surface area (Å²) in [6.07, 6.45) is 29.4. The Kier molecular flexibility index (Phi) is 33.3. The number of ether oxygens (including phenoxy) is 1. The van der Waals surface area contributed by atoms with Crippen molar-refractivity contribution in [3.05, 3.63) is 61.3 Å². The molecule has 80 heavy (non-hydrogen) atoms. The third-order valence-corrected chi connectivity index (χ3v) is 16.4. The molecule has 7 N–H and O–H groups in total. The molecule has 0 aliphatic carbocycles. The molecule has 2 aromatic heterocycles. The molecule has 1 fully saturated rings. The number of unbranched alkanes of at least 4 members (excludes halogenated alkanes) is 12. The molecule has 3 heterocycles. The van der Waals surface area contributed by atoms with Gasteiger partial charge in [0.25, 0.3) is 15.6 Å². The summed E-state index contributed by atoms with van der Waals surface area (Å²) >= 11 is 0.986. The van der Waals surface area contributed by atoms with Crippen LogP contribution in [-0.2, 0) is 50.7 Å². The van der Waals surface area contributed by atoms with E-state index in [1.807, 2.05) is 0 Å². The standard InChI is InChI=1S/C51H86N7O18P3S/c1-4-5-6-7-8-9-10-11-12-13-14-15-16-17-18-19-20-21-22-23-24-25-26-27-28-29-39(59)34-42(61)80-33-32-53-41(60)30-31-54-49(64)46(63)51(2,3)36-73-79(70,71)76-78(68,69)72-35-40-45(75-77(65,66)67)44(62)50(74-40)58-38-57-43-47(52)55-37-56-48(43)58/h8-9,11-12,14-15,17-18,37-40,44-46,50,59,62-63H,4-7,10,13,16,19-36H2,1-3H3,(H,53,60)(H,54,64)(H,68,69)(H,70,71)(H2,52,55,56)(H2,65,66,67)/p-4/b9-8-,12-11-,15-14-,18-17-/t39-,40-,44-,45-,46+,50-/m1/s1. The van der Waals surface area contributed by atoms with Crippen molar-refractivity contribution in [2.75, 3.05) is 37.8 Å². The molecule has 8 atom stereocenters. The second-order valence-corrected chi connectivity index (χ2v) is 25.1. The second kappa shape index (κ2) is 37.6. The highest BCUT2D eigenvalue weighted by Gasteiger charge is 2.47. The fourth-order valence-corrected chi connectivity index (χ4v) is 11.5. The molecule has 0 spiro atoms. The molecule has 29 heteroatoms. The molecule has 0 radical (unpaired) electrons. The maximum Gasteiger partial charge on any atom is 0.274 e. The number of hydrogen-bond donors (Lipinski definition) is 6. The van der Waals surface area contributed by atoms with Crippen molar-refractivity contribution in [2.45, 2.75) is 186 Å². The number of fused-ring (bicyclic) bond motifs is 1. The Hall–Kier alpha value is -3.52. The SMILES string of the molecule is CCCCC/C=C\C/C=C\C/C=C\C/C=C\CCCCCCCCCCC[C@@H](O)CC(=O)SCCNC(=O)CCNC(=O)[C@H](O)C(C)(C)COP(=O)([O-])OP(=O)([O-])OC[C@H]1O[C@@H](n2cnc3c(N)ncnc32)[C@H](O)[C@@H]1OP(=O)([O-])[O-]. The lowest BCUT2D eigenvalue weighted by atomic mass is 9.87. The van der Waals surface area contributed by atoms with Crippen LogP contribution in [0.25, 0.3) is 11.2 Å². The fraction of sp³-hybridized carbons (Fsp3) is 0.686. The molecule has 2 amide bonds. The zero-order valence-corrected chi connectivity index (χ0v) is 49.5. The average Bonchev–Trinajstić information content (AvgIpc) is 3.95. The number of hydrogen-bond acceptors (Lipinski definition) is 23. The number of allylic oxidation sites excluding steroid dienone is 8. The second-order valence-electron chi connectivity index (χ2n) is 19.9. The molecule has 3 rings (SSSR count). The van der Waals surface area contributed by atoms with Gasteiger partial charge in [-0.1, -0.05) is 145 Å². The van der Waals surface area contributed by atoms with Crippen LogP contribution >= 0.6 is 35.2 Å². The Morgan fingerprint density at radius 1 is 0.812 bits per heavy atom. The van der Waals surface area contributed by atoms with E-state index < -0.39 is 90.7 Å². The van der Waals surface area contributed by atoms with Gasteiger partial charge in [0, 0.05) is 37.1 Å². The first-order chi connectivity index (χ1) is 37.9. The first kappa shape index (κ1) is 70.7. The molecule has 1 aliphatic heterocycles. The van der Waals surface area contributed by atoms with E-state index in [2.05, 4.69) is 99.0 Å². The summed E-state index contributed by atoms with van der Waals surface area (Å²) in [6, 6.07) is 0. The fourth-order valence-electron chi connectivity index (χ4n) is 8.07. The summed E-state index contributed by atoms with van der Waals surface area (Å²) in [5.74, 6) is -1.34. The van der Waals surface area contributed by atoms with Crippen LogP contribution in [0.3, 0.4) is 0 Å². The lowest BCUT2D eigenvalue weighted by Crippen LogP contribution is -2.46. The van der Waals surface area contributed by atoms with Crippen molar-refractivity contribution in [3.8, 4) is 0 Å². The highest BCUT2D eigenvalue weighted by Crippen LogP contribution is 2.56. The highest BCUT2D eigenvalue weighted by molar-refractivity contribution is 8.13. The van der Waals surface area contributed by atoms with Crippen molar-refractivity contribution in [3.63, 3.8) is 0 Å². The van der Waals surface area contributed by atoms with E-state index in [4.69, 9.17) is 10.5 Å². The number of nitrogens with zero attached hydrogens (tertiary/aromatic N) is 4. The number of nitrogens with two attached hydrogens (primary N) is 1. The van der Waals surface area contributed by atoms with E-state index in [9.17, 15) is 63.0 Å². The zero-order valence-electron chi connectivity index (χ0n) is 46.0. The normalized spacial score (nSPS) is 19.6. The van der Waals surface area contributed by atoms with E-state index in [-0.39, 0.29) is 53.8 Å². The quantitative estimate of drug-likeness (QED) is 0.0284. The van der Waals surface area contributed by atoms with Gasteiger partial charge in [-0.15, -0.1) is 0 Å². The monoisotopic (exact) mass is 1210 g/mol. The number of rotatable bonds is 43. The van der Waals surface area contributed by atoms with E-state index in [1.54, 1.807) is 0 Å². The Morgan fingerprint density at radius 3 is 2.00 bits per heavy atom. The predicted octanol–water partition coefficient (Wildman–Crippen LogP) is 5.15. The predicted molar refractivity (Wildman–Crippen MR) is 294 cm³/mol. The number of carbonyl (C=O) groups is 3. The Labute approximate surface area is 473 Å². The molecule has 0 aromatic carbocycles. The number of nitrogen functional groups attached to an aromatic ring is 1. The molecule has 1 aliphatic rings. The van der Waals surface area contributed by atoms with Crippen LogP contribution in [0.2, 0.25) is 0 Å². The lowest BCUT2D eigenvalue weighted by Gasteiger charge is -2.36. The minimum atomic E-state index is -5.94. The van der Waals surface area contributed by atoms with Crippen LogP contribution in [0.4, 0.5) is 5.82 Å². The van der Waals surface area contributed by atoms with E-state index in [0.717, 1.165) is 80.4 Å². The van der Waals surface area contributed by atoms with E-state index >= 15 is 0 Å². The van der Waals surface area contributed by atoms with Gasteiger partial charge in [0.05, 0.1) is 33.5 Å². The molecule has 0 saturated carbocycles. The Bertz CT molecular complexity index is 2440. The number of nitrogens with one attached hydrogen (secondary N) is 2. The molecular formula is C51H82N7O18P3S-4. The van der Waals surface area contributed by atoms with E-state index in [1.165, 1.54) is 71.6 Å². The van der Waals surface area contributed by atoms with Crippen molar-refractivity contribution in [1.82, 2.24) is 30.2 Å². The van der Waals surface area contributed by atoms with Gasteiger partial charge in [-0.05, 0) is 51.4 Å². The van der Waals surface area contributed by atoms with Gasteiger partial charge >= 0.3 is 0 Å². The van der Waals surface area contributed by atoms with Gasteiger partial charge in [0.2, 0.25) is 11.8 Å². The lowest BCUT2D eigenvalue weighted by molar-refractivity contribution is -0.347. The number of carbonyl (C=O) groups excluding carboxylic acids is 3. The topological polar surface area (TPSA) is 395 Å². The van der Waals surface area contributed by atoms with Crippen molar-refractivity contribution in [2.24, 2.45) is 5.41 Å². The van der Waals surface area contributed by atoms with Gasteiger partial charge in [-0.3, -0.25) is 28.1 Å². The minimum absolute atomic E-state index is 0.00600.